The fourth-order valence-electron chi connectivity index (χ4n) is 2.17. The zero-order chi connectivity index (χ0) is 14.9. The first-order valence-corrected chi connectivity index (χ1v) is 7.47. The first-order valence-electron chi connectivity index (χ1n) is 7.47. The van der Waals surface area contributed by atoms with E-state index in [0.29, 0.717) is 12.4 Å². The summed E-state index contributed by atoms with van der Waals surface area (Å²) in [5.74, 6) is 1.20. The van der Waals surface area contributed by atoms with E-state index in [9.17, 15) is 5.11 Å². The fourth-order valence-corrected chi connectivity index (χ4v) is 2.17. The maximum atomic E-state index is 9.34. The summed E-state index contributed by atoms with van der Waals surface area (Å²) in [5.41, 5.74) is 1.19. The maximum absolute atomic E-state index is 9.34. The summed E-state index contributed by atoms with van der Waals surface area (Å²) in [6.45, 7) is 3.76. The Morgan fingerprint density at radius 2 is 1.76 bits per heavy atom. The first kappa shape index (κ1) is 15.4. The summed E-state index contributed by atoms with van der Waals surface area (Å²) in [6, 6.07) is 17.5. The molecule has 0 bridgehead atoms. The smallest absolute Gasteiger partial charge is 0.119 e. The van der Waals surface area contributed by atoms with E-state index >= 15 is 0 Å². The molecule has 0 saturated carbocycles. The summed E-state index contributed by atoms with van der Waals surface area (Å²) in [5, 5.41) is 12.9. The number of phenolic OH excluding ortho intramolecular Hbond substituents is 1. The molecule has 0 aliphatic carbocycles. The van der Waals surface area contributed by atoms with Gasteiger partial charge in [0, 0.05) is 6.04 Å². The Balaban J connectivity index is 1.92. The van der Waals surface area contributed by atoms with Crippen molar-refractivity contribution in [2.75, 3.05) is 13.2 Å². The number of para-hydroxylation sites is 1. The van der Waals surface area contributed by atoms with Crippen LogP contribution >= 0.6 is 0 Å². The van der Waals surface area contributed by atoms with Crippen molar-refractivity contribution in [3.05, 3.63) is 60.2 Å². The van der Waals surface area contributed by atoms with Gasteiger partial charge in [-0.05, 0) is 49.2 Å². The zero-order valence-corrected chi connectivity index (χ0v) is 12.5. The monoisotopic (exact) mass is 285 g/mol. The highest BCUT2D eigenvalue weighted by Gasteiger charge is 2.10. The third-order valence-electron chi connectivity index (χ3n) is 3.30. The van der Waals surface area contributed by atoms with Gasteiger partial charge in [-0.3, -0.25) is 0 Å². The van der Waals surface area contributed by atoms with Crippen LogP contribution in [0.2, 0.25) is 0 Å². The molecular formula is C18H23NO2. The topological polar surface area (TPSA) is 41.5 Å². The van der Waals surface area contributed by atoms with E-state index in [4.69, 9.17) is 4.74 Å². The largest absolute Gasteiger partial charge is 0.508 e. The number of nitrogens with one attached hydrogen (secondary N) is 1. The maximum Gasteiger partial charge on any atom is 0.119 e. The molecule has 21 heavy (non-hydrogen) atoms. The summed E-state index contributed by atoms with van der Waals surface area (Å²) in [7, 11) is 0. The van der Waals surface area contributed by atoms with Crippen molar-refractivity contribution >= 4 is 0 Å². The predicted molar refractivity (Wildman–Crippen MR) is 85.8 cm³/mol. The molecule has 2 rings (SSSR count). The lowest BCUT2D eigenvalue weighted by Gasteiger charge is -2.19. The molecule has 0 fully saturated rings. The molecule has 2 aromatic carbocycles. The highest BCUT2D eigenvalue weighted by molar-refractivity contribution is 5.26. The van der Waals surface area contributed by atoms with Crippen LogP contribution in [0.3, 0.4) is 0 Å². The molecule has 1 unspecified atom stereocenters. The highest BCUT2D eigenvalue weighted by atomic mass is 16.5. The lowest BCUT2D eigenvalue weighted by Crippen LogP contribution is -2.37. The lowest BCUT2D eigenvalue weighted by atomic mass is 10.1. The SMILES string of the molecule is CCCNC(COc1ccccc1)Cc1ccc(O)cc1. The molecule has 2 aromatic rings. The van der Waals surface area contributed by atoms with Gasteiger partial charge in [-0.2, -0.15) is 0 Å². The van der Waals surface area contributed by atoms with Crippen LogP contribution in [0.15, 0.2) is 54.6 Å². The van der Waals surface area contributed by atoms with Crippen LogP contribution in [0.5, 0.6) is 11.5 Å². The average molecular weight is 285 g/mol. The van der Waals surface area contributed by atoms with E-state index in [2.05, 4.69) is 12.2 Å². The van der Waals surface area contributed by atoms with E-state index in [1.807, 2.05) is 42.5 Å². The molecule has 0 heterocycles. The van der Waals surface area contributed by atoms with Crippen molar-refractivity contribution in [1.29, 1.82) is 0 Å². The summed E-state index contributed by atoms with van der Waals surface area (Å²) in [4.78, 5) is 0. The molecular weight excluding hydrogens is 262 g/mol. The highest BCUT2D eigenvalue weighted by Crippen LogP contribution is 2.13. The number of hydrogen-bond donors (Lipinski definition) is 2. The minimum atomic E-state index is 0.259. The van der Waals surface area contributed by atoms with Crippen LogP contribution in [-0.2, 0) is 6.42 Å². The van der Waals surface area contributed by atoms with Gasteiger partial charge in [0.2, 0.25) is 0 Å². The van der Waals surface area contributed by atoms with E-state index in [-0.39, 0.29) is 6.04 Å². The Morgan fingerprint density at radius 1 is 1.05 bits per heavy atom. The fraction of sp³-hybridized carbons (Fsp3) is 0.333. The summed E-state index contributed by atoms with van der Waals surface area (Å²) >= 11 is 0. The number of aromatic hydroxyl groups is 1. The molecule has 0 saturated heterocycles. The first-order chi connectivity index (χ1) is 10.3. The van der Waals surface area contributed by atoms with E-state index < -0.39 is 0 Å². The Kier molecular flexibility index (Phi) is 6.10. The van der Waals surface area contributed by atoms with Crippen LogP contribution in [0.4, 0.5) is 0 Å². The second-order valence-electron chi connectivity index (χ2n) is 5.15. The van der Waals surface area contributed by atoms with Gasteiger partial charge in [-0.25, -0.2) is 0 Å². The Labute approximate surface area is 126 Å². The van der Waals surface area contributed by atoms with Crippen LogP contribution in [-0.4, -0.2) is 24.3 Å². The molecule has 0 aliphatic rings. The number of benzene rings is 2. The lowest BCUT2D eigenvalue weighted by molar-refractivity contribution is 0.263. The van der Waals surface area contributed by atoms with Crippen molar-refractivity contribution in [2.24, 2.45) is 0 Å². The molecule has 0 amide bonds. The molecule has 0 spiro atoms. The van der Waals surface area contributed by atoms with Gasteiger partial charge in [-0.15, -0.1) is 0 Å². The molecule has 3 nitrogen and oxygen atoms in total. The van der Waals surface area contributed by atoms with Gasteiger partial charge in [0.1, 0.15) is 18.1 Å². The number of hydrogen-bond acceptors (Lipinski definition) is 3. The van der Waals surface area contributed by atoms with E-state index in [1.165, 1.54) is 5.56 Å². The number of ether oxygens (including phenoxy) is 1. The third kappa shape index (κ3) is 5.48. The second-order valence-corrected chi connectivity index (χ2v) is 5.15. The normalized spacial score (nSPS) is 12.0. The third-order valence-corrected chi connectivity index (χ3v) is 3.30. The van der Waals surface area contributed by atoms with Crippen LogP contribution in [0.1, 0.15) is 18.9 Å². The predicted octanol–water partition coefficient (Wildman–Crippen LogP) is 3.38. The Bertz CT molecular complexity index is 511. The molecule has 0 aliphatic heterocycles. The van der Waals surface area contributed by atoms with E-state index in [1.54, 1.807) is 12.1 Å². The molecule has 3 heteroatoms. The Hall–Kier alpha value is -2.00. The van der Waals surface area contributed by atoms with Gasteiger partial charge >= 0.3 is 0 Å². The minimum Gasteiger partial charge on any atom is -0.508 e. The van der Waals surface area contributed by atoms with Crippen LogP contribution in [0.25, 0.3) is 0 Å². The van der Waals surface area contributed by atoms with Crippen LogP contribution < -0.4 is 10.1 Å². The zero-order valence-electron chi connectivity index (χ0n) is 12.5. The van der Waals surface area contributed by atoms with Gasteiger partial charge in [-0.1, -0.05) is 37.3 Å². The standard InChI is InChI=1S/C18H23NO2/c1-2-12-19-16(13-15-8-10-17(20)11-9-15)14-21-18-6-4-3-5-7-18/h3-11,16,19-20H,2,12-14H2,1H3. The van der Waals surface area contributed by atoms with Gasteiger partial charge in [0.25, 0.3) is 0 Å². The molecule has 0 aromatic heterocycles. The molecule has 0 radical (unpaired) electrons. The van der Waals surface area contributed by atoms with Gasteiger partial charge in [0.15, 0.2) is 0 Å². The number of phenols is 1. The van der Waals surface area contributed by atoms with Gasteiger partial charge in [0.05, 0.1) is 0 Å². The number of rotatable bonds is 8. The van der Waals surface area contributed by atoms with Crippen molar-refractivity contribution in [3.63, 3.8) is 0 Å². The van der Waals surface area contributed by atoms with Crippen molar-refractivity contribution in [3.8, 4) is 11.5 Å². The second kappa shape index (κ2) is 8.32. The van der Waals surface area contributed by atoms with Crippen molar-refractivity contribution < 1.29 is 9.84 Å². The summed E-state index contributed by atoms with van der Waals surface area (Å²) in [6.07, 6.45) is 1.98. The minimum absolute atomic E-state index is 0.259. The molecule has 2 N–H and O–H groups in total. The quantitative estimate of drug-likeness (QED) is 0.781. The van der Waals surface area contributed by atoms with Crippen LogP contribution in [0, 0.1) is 0 Å². The average Bonchev–Trinajstić information content (AvgIpc) is 2.53. The molecule has 112 valence electrons. The van der Waals surface area contributed by atoms with E-state index in [0.717, 1.165) is 25.1 Å². The van der Waals surface area contributed by atoms with Crippen molar-refractivity contribution in [2.45, 2.75) is 25.8 Å². The van der Waals surface area contributed by atoms with Gasteiger partial charge < -0.3 is 15.2 Å². The van der Waals surface area contributed by atoms with Crippen molar-refractivity contribution in [1.82, 2.24) is 5.32 Å². The molecule has 1 atom stereocenters. The Morgan fingerprint density at radius 3 is 2.43 bits per heavy atom. The summed E-state index contributed by atoms with van der Waals surface area (Å²) < 4.78 is 5.85.